The molecule has 1 saturated carbocycles. The van der Waals surface area contributed by atoms with E-state index in [-0.39, 0.29) is 5.41 Å². The molecule has 1 aliphatic carbocycles. The quantitative estimate of drug-likeness (QED) is 0.868. The SMILES string of the molecule is CC1OC2CCC1[C@@]1(CCNc3ccccc3)c3ccccc3N[C@@H]21. The number of rotatable bonds is 4. The highest BCUT2D eigenvalue weighted by Crippen LogP contribution is 2.58. The zero-order valence-corrected chi connectivity index (χ0v) is 14.7. The number of hydrogen-bond donors (Lipinski definition) is 2. The minimum atomic E-state index is 0.193. The highest BCUT2D eigenvalue weighted by atomic mass is 16.5. The van der Waals surface area contributed by atoms with Crippen molar-refractivity contribution in [3.63, 3.8) is 0 Å². The molecule has 0 amide bonds. The molecule has 0 radical (unpaired) electrons. The van der Waals surface area contributed by atoms with Crippen LogP contribution in [0, 0.1) is 5.92 Å². The molecule has 3 aliphatic heterocycles. The van der Waals surface area contributed by atoms with Crippen molar-refractivity contribution in [3.8, 4) is 0 Å². The van der Waals surface area contributed by atoms with Gasteiger partial charge in [0, 0.05) is 23.3 Å². The Labute approximate surface area is 149 Å². The first-order chi connectivity index (χ1) is 12.3. The summed E-state index contributed by atoms with van der Waals surface area (Å²) in [5, 5.41) is 7.46. The van der Waals surface area contributed by atoms with Crippen LogP contribution in [0.2, 0.25) is 0 Å². The maximum Gasteiger partial charge on any atom is 0.0788 e. The van der Waals surface area contributed by atoms with Crippen molar-refractivity contribution < 1.29 is 4.74 Å². The topological polar surface area (TPSA) is 33.3 Å². The van der Waals surface area contributed by atoms with Crippen molar-refractivity contribution in [2.45, 2.75) is 49.9 Å². The Kier molecular flexibility index (Phi) is 3.53. The number of para-hydroxylation sites is 2. The summed E-state index contributed by atoms with van der Waals surface area (Å²) in [5.74, 6) is 0.594. The van der Waals surface area contributed by atoms with Crippen LogP contribution in [0.1, 0.15) is 31.7 Å². The van der Waals surface area contributed by atoms with Crippen LogP contribution in [0.25, 0.3) is 0 Å². The molecule has 130 valence electrons. The molecule has 0 spiro atoms. The Morgan fingerprint density at radius 2 is 1.88 bits per heavy atom. The van der Waals surface area contributed by atoms with E-state index in [9.17, 15) is 0 Å². The van der Waals surface area contributed by atoms with Gasteiger partial charge in [-0.1, -0.05) is 36.4 Å². The number of ether oxygens (including phenoxy) is 1. The molecule has 2 aromatic rings. The summed E-state index contributed by atoms with van der Waals surface area (Å²) in [4.78, 5) is 0. The van der Waals surface area contributed by atoms with Gasteiger partial charge in [-0.15, -0.1) is 0 Å². The molecule has 3 fully saturated rings. The highest BCUT2D eigenvalue weighted by Gasteiger charge is 2.61. The lowest BCUT2D eigenvalue weighted by molar-refractivity contribution is -0.159. The first-order valence-electron chi connectivity index (χ1n) is 9.59. The van der Waals surface area contributed by atoms with E-state index in [4.69, 9.17) is 4.74 Å². The Morgan fingerprint density at radius 3 is 2.72 bits per heavy atom. The van der Waals surface area contributed by atoms with Gasteiger partial charge in [0.15, 0.2) is 0 Å². The Bertz CT molecular complexity index is 758. The third-order valence-electron chi connectivity index (χ3n) is 6.69. The van der Waals surface area contributed by atoms with Crippen LogP contribution >= 0.6 is 0 Å². The molecule has 3 nitrogen and oxygen atoms in total. The Balaban J connectivity index is 1.48. The molecule has 6 rings (SSSR count). The average molecular weight is 334 g/mol. The standard InChI is InChI=1S/C22H26N2O/c1-15-17-11-12-20(25-15)21-22(17,18-9-5-6-10-19(18)24-21)13-14-23-16-7-3-2-4-8-16/h2-10,15,17,20-21,23-24H,11-14H2,1H3/t15?,17?,20?,21-,22-/m0/s1. The van der Waals surface area contributed by atoms with Gasteiger partial charge in [-0.05, 0) is 55.9 Å². The van der Waals surface area contributed by atoms with Crippen LogP contribution < -0.4 is 10.6 Å². The van der Waals surface area contributed by atoms with Gasteiger partial charge < -0.3 is 15.4 Å². The van der Waals surface area contributed by atoms with Crippen LogP contribution in [0.5, 0.6) is 0 Å². The normalized spacial score (nSPS) is 34.9. The summed E-state index contributed by atoms with van der Waals surface area (Å²) in [5.41, 5.74) is 4.24. The van der Waals surface area contributed by atoms with Crippen molar-refractivity contribution in [1.29, 1.82) is 0 Å². The molecule has 2 bridgehead atoms. The molecule has 5 atom stereocenters. The minimum absolute atomic E-state index is 0.193. The van der Waals surface area contributed by atoms with Crippen LogP contribution in [-0.4, -0.2) is 24.8 Å². The van der Waals surface area contributed by atoms with Gasteiger partial charge in [0.1, 0.15) is 0 Å². The van der Waals surface area contributed by atoms with Crippen LogP contribution in [0.3, 0.4) is 0 Å². The van der Waals surface area contributed by atoms with Crippen molar-refractivity contribution in [3.05, 3.63) is 60.2 Å². The monoisotopic (exact) mass is 334 g/mol. The van der Waals surface area contributed by atoms with Gasteiger partial charge in [0.05, 0.1) is 18.2 Å². The van der Waals surface area contributed by atoms with E-state index in [2.05, 4.69) is 72.2 Å². The number of anilines is 2. The first-order valence-corrected chi connectivity index (χ1v) is 9.59. The van der Waals surface area contributed by atoms with Crippen LogP contribution in [-0.2, 0) is 10.2 Å². The zero-order valence-electron chi connectivity index (χ0n) is 14.7. The number of nitrogens with one attached hydrogen (secondary N) is 2. The lowest BCUT2D eigenvalue weighted by atomic mass is 9.55. The number of hydrogen-bond acceptors (Lipinski definition) is 3. The second-order valence-electron chi connectivity index (χ2n) is 7.81. The van der Waals surface area contributed by atoms with Crippen molar-refractivity contribution >= 4 is 11.4 Å². The van der Waals surface area contributed by atoms with Gasteiger partial charge in [0.2, 0.25) is 0 Å². The van der Waals surface area contributed by atoms with E-state index in [1.807, 2.05) is 0 Å². The predicted octanol–water partition coefficient (Wildman–Crippen LogP) is 4.42. The lowest BCUT2D eigenvalue weighted by Crippen LogP contribution is -2.64. The van der Waals surface area contributed by atoms with Gasteiger partial charge in [-0.25, -0.2) is 0 Å². The highest BCUT2D eigenvalue weighted by molar-refractivity contribution is 5.64. The molecule has 4 aliphatic rings. The number of benzene rings is 2. The summed E-state index contributed by atoms with van der Waals surface area (Å²) >= 11 is 0. The molecule has 3 heteroatoms. The van der Waals surface area contributed by atoms with Gasteiger partial charge in [0.25, 0.3) is 0 Å². The Hall–Kier alpha value is -2.00. The molecule has 2 N–H and O–H groups in total. The molecule has 3 heterocycles. The summed E-state index contributed by atoms with van der Waals surface area (Å²) in [7, 11) is 0. The second kappa shape index (κ2) is 5.77. The predicted molar refractivity (Wildman–Crippen MR) is 102 cm³/mol. The summed E-state index contributed by atoms with van der Waals surface area (Å²) in [6.45, 7) is 3.27. The third kappa shape index (κ3) is 2.22. The first kappa shape index (κ1) is 15.3. The van der Waals surface area contributed by atoms with Crippen molar-refractivity contribution in [2.24, 2.45) is 5.92 Å². The Morgan fingerprint density at radius 1 is 1.08 bits per heavy atom. The molecule has 25 heavy (non-hydrogen) atoms. The maximum absolute atomic E-state index is 6.34. The van der Waals surface area contributed by atoms with E-state index in [0.717, 1.165) is 13.0 Å². The summed E-state index contributed by atoms with van der Waals surface area (Å²) < 4.78 is 6.34. The second-order valence-corrected chi connectivity index (χ2v) is 7.81. The van der Waals surface area contributed by atoms with Gasteiger partial charge >= 0.3 is 0 Å². The summed E-state index contributed by atoms with van der Waals surface area (Å²) in [6.07, 6.45) is 4.30. The molecule has 2 saturated heterocycles. The smallest absolute Gasteiger partial charge is 0.0788 e. The number of fused-ring (bicyclic) bond motifs is 3. The molecule has 3 unspecified atom stereocenters. The van der Waals surface area contributed by atoms with E-state index >= 15 is 0 Å². The van der Waals surface area contributed by atoms with Crippen LogP contribution in [0.15, 0.2) is 54.6 Å². The minimum Gasteiger partial charge on any atom is -0.385 e. The maximum atomic E-state index is 6.34. The van der Waals surface area contributed by atoms with Crippen molar-refractivity contribution in [2.75, 3.05) is 17.2 Å². The zero-order chi connectivity index (χ0) is 16.9. The van der Waals surface area contributed by atoms with E-state index < -0.39 is 0 Å². The fourth-order valence-electron chi connectivity index (χ4n) is 5.72. The molecule has 0 aromatic heterocycles. The molecule has 2 aromatic carbocycles. The fourth-order valence-corrected chi connectivity index (χ4v) is 5.72. The van der Waals surface area contributed by atoms with Gasteiger partial charge in [-0.2, -0.15) is 0 Å². The van der Waals surface area contributed by atoms with E-state index in [1.54, 1.807) is 0 Å². The largest absolute Gasteiger partial charge is 0.385 e. The fraction of sp³-hybridized carbons (Fsp3) is 0.455. The van der Waals surface area contributed by atoms with Crippen molar-refractivity contribution in [1.82, 2.24) is 0 Å². The molecular formula is C22H26N2O. The van der Waals surface area contributed by atoms with E-state index in [0.29, 0.717) is 24.2 Å². The van der Waals surface area contributed by atoms with Crippen LogP contribution in [0.4, 0.5) is 11.4 Å². The van der Waals surface area contributed by atoms with Gasteiger partial charge in [-0.3, -0.25) is 0 Å². The average Bonchev–Trinajstić information content (AvgIpc) is 3.00. The third-order valence-corrected chi connectivity index (χ3v) is 6.69. The summed E-state index contributed by atoms with van der Waals surface area (Å²) in [6, 6.07) is 19.9. The van der Waals surface area contributed by atoms with E-state index in [1.165, 1.54) is 29.8 Å². The lowest BCUT2D eigenvalue weighted by Gasteiger charge is -2.57. The molecular weight excluding hydrogens is 308 g/mol.